The molecule has 2 nitrogen and oxygen atoms in total. The number of rotatable bonds is 6. The molecule has 1 unspecified atom stereocenters. The smallest absolute Gasteiger partial charge is 0.223 e. The highest BCUT2D eigenvalue weighted by Crippen LogP contribution is 2.20. The molecule has 20 heavy (non-hydrogen) atoms. The van der Waals surface area contributed by atoms with Crippen LogP contribution >= 0.6 is 11.3 Å². The Morgan fingerprint density at radius 2 is 1.95 bits per heavy atom. The molecule has 0 fully saturated rings. The first-order valence-electron chi connectivity index (χ1n) is 7.05. The minimum absolute atomic E-state index is 0.234. The van der Waals surface area contributed by atoms with Gasteiger partial charge in [-0.25, -0.2) is 0 Å². The summed E-state index contributed by atoms with van der Waals surface area (Å²) in [6, 6.07) is 14.4. The maximum absolute atomic E-state index is 12.4. The summed E-state index contributed by atoms with van der Waals surface area (Å²) in [5.74, 6) is 0.498. The van der Waals surface area contributed by atoms with E-state index in [1.54, 1.807) is 11.3 Å². The number of carbonyl (C=O) groups excluding carboxylic acids is 1. The highest BCUT2D eigenvalue weighted by molar-refractivity contribution is 7.09. The molecule has 0 aliphatic rings. The van der Waals surface area contributed by atoms with Crippen LogP contribution in [-0.2, 0) is 11.3 Å². The lowest BCUT2D eigenvalue weighted by Gasteiger charge is -2.22. The van der Waals surface area contributed by atoms with Crippen molar-refractivity contribution in [3.05, 3.63) is 58.3 Å². The topological polar surface area (TPSA) is 20.3 Å². The van der Waals surface area contributed by atoms with Gasteiger partial charge in [0.05, 0.1) is 6.54 Å². The molecule has 1 atom stereocenters. The molecular weight excluding hydrogens is 266 g/mol. The second-order valence-electron chi connectivity index (χ2n) is 5.00. The van der Waals surface area contributed by atoms with Crippen molar-refractivity contribution in [2.45, 2.75) is 32.7 Å². The fourth-order valence-corrected chi connectivity index (χ4v) is 2.98. The number of benzene rings is 1. The summed E-state index contributed by atoms with van der Waals surface area (Å²) in [5, 5.41) is 2.06. The average Bonchev–Trinajstić information content (AvgIpc) is 2.98. The molecular formula is C17H21NOS. The first-order chi connectivity index (χ1) is 9.70. The summed E-state index contributed by atoms with van der Waals surface area (Å²) in [5.41, 5.74) is 1.23. The summed E-state index contributed by atoms with van der Waals surface area (Å²) in [7, 11) is 0. The third-order valence-electron chi connectivity index (χ3n) is 3.51. The third-order valence-corrected chi connectivity index (χ3v) is 4.37. The van der Waals surface area contributed by atoms with Crippen LogP contribution in [0.1, 0.15) is 36.6 Å². The predicted molar refractivity (Wildman–Crippen MR) is 84.9 cm³/mol. The van der Waals surface area contributed by atoms with Crippen molar-refractivity contribution in [1.82, 2.24) is 4.90 Å². The number of nitrogens with zero attached hydrogens (tertiary/aromatic N) is 1. The Bertz CT molecular complexity index is 521. The summed E-state index contributed by atoms with van der Waals surface area (Å²) in [6.45, 7) is 5.65. The molecule has 1 aromatic heterocycles. The van der Waals surface area contributed by atoms with Gasteiger partial charge < -0.3 is 4.90 Å². The van der Waals surface area contributed by atoms with E-state index in [2.05, 4.69) is 30.5 Å². The van der Waals surface area contributed by atoms with E-state index in [1.807, 2.05) is 36.1 Å². The van der Waals surface area contributed by atoms with Crippen molar-refractivity contribution in [2.24, 2.45) is 0 Å². The van der Waals surface area contributed by atoms with Gasteiger partial charge in [-0.1, -0.05) is 43.3 Å². The summed E-state index contributed by atoms with van der Waals surface area (Å²) in [6.07, 6.45) is 0.573. The molecule has 3 heteroatoms. The lowest BCUT2D eigenvalue weighted by Crippen LogP contribution is -2.30. The molecule has 0 aliphatic carbocycles. The Morgan fingerprint density at radius 1 is 1.20 bits per heavy atom. The maximum atomic E-state index is 12.4. The monoisotopic (exact) mass is 287 g/mol. The molecule has 0 saturated heterocycles. The van der Waals surface area contributed by atoms with Crippen LogP contribution in [0.25, 0.3) is 0 Å². The summed E-state index contributed by atoms with van der Waals surface area (Å²) in [4.78, 5) is 15.6. The Morgan fingerprint density at radius 3 is 2.55 bits per heavy atom. The molecule has 1 heterocycles. The molecule has 0 aliphatic heterocycles. The van der Waals surface area contributed by atoms with Crippen LogP contribution in [0.2, 0.25) is 0 Å². The first-order valence-corrected chi connectivity index (χ1v) is 7.93. The fraction of sp³-hybridized carbons (Fsp3) is 0.353. The molecule has 1 amide bonds. The molecule has 2 rings (SSSR count). The quantitative estimate of drug-likeness (QED) is 0.776. The fourth-order valence-electron chi connectivity index (χ4n) is 2.26. The highest BCUT2D eigenvalue weighted by atomic mass is 32.1. The maximum Gasteiger partial charge on any atom is 0.223 e. The van der Waals surface area contributed by atoms with Gasteiger partial charge in [-0.15, -0.1) is 11.3 Å². The molecule has 0 radical (unpaired) electrons. The normalized spacial score (nSPS) is 12.1. The standard InChI is InChI=1S/C17H21NOS/c1-3-18(13-16-10-7-11-20-16)17(19)12-14(2)15-8-5-4-6-9-15/h4-11,14H,3,12-13H2,1-2H3. The second-order valence-corrected chi connectivity index (χ2v) is 6.04. The molecule has 0 saturated carbocycles. The van der Waals surface area contributed by atoms with Crippen molar-refractivity contribution < 1.29 is 4.79 Å². The first kappa shape index (κ1) is 14.8. The van der Waals surface area contributed by atoms with Crippen LogP contribution in [0.15, 0.2) is 47.8 Å². The van der Waals surface area contributed by atoms with Gasteiger partial charge in [-0.05, 0) is 29.9 Å². The molecule has 106 valence electrons. The van der Waals surface area contributed by atoms with Crippen molar-refractivity contribution >= 4 is 17.2 Å². The lowest BCUT2D eigenvalue weighted by atomic mass is 9.97. The average molecular weight is 287 g/mol. The van der Waals surface area contributed by atoms with E-state index in [0.717, 1.165) is 13.1 Å². The van der Waals surface area contributed by atoms with Gasteiger partial charge in [0, 0.05) is 17.8 Å². The Kier molecular flexibility index (Phi) is 5.36. The lowest BCUT2D eigenvalue weighted by molar-refractivity contribution is -0.131. The zero-order valence-corrected chi connectivity index (χ0v) is 12.9. The predicted octanol–water partition coefficient (Wildman–Crippen LogP) is 4.29. The zero-order valence-electron chi connectivity index (χ0n) is 12.1. The van der Waals surface area contributed by atoms with Gasteiger partial charge >= 0.3 is 0 Å². The number of carbonyl (C=O) groups is 1. The van der Waals surface area contributed by atoms with Crippen molar-refractivity contribution in [1.29, 1.82) is 0 Å². The van der Waals surface area contributed by atoms with Gasteiger partial charge in [0.2, 0.25) is 5.91 Å². The van der Waals surface area contributed by atoms with E-state index in [9.17, 15) is 4.79 Å². The van der Waals surface area contributed by atoms with Gasteiger partial charge in [0.1, 0.15) is 0 Å². The number of amides is 1. The van der Waals surface area contributed by atoms with E-state index in [1.165, 1.54) is 10.4 Å². The van der Waals surface area contributed by atoms with E-state index in [0.29, 0.717) is 6.42 Å². The minimum Gasteiger partial charge on any atom is -0.338 e. The van der Waals surface area contributed by atoms with Crippen molar-refractivity contribution in [3.63, 3.8) is 0 Å². The molecule has 2 aromatic rings. The molecule has 1 aromatic carbocycles. The van der Waals surface area contributed by atoms with Crippen molar-refractivity contribution in [3.8, 4) is 0 Å². The largest absolute Gasteiger partial charge is 0.338 e. The Balaban J connectivity index is 1.95. The SMILES string of the molecule is CCN(Cc1cccs1)C(=O)CC(C)c1ccccc1. The van der Waals surface area contributed by atoms with E-state index >= 15 is 0 Å². The van der Waals surface area contributed by atoms with Crippen molar-refractivity contribution in [2.75, 3.05) is 6.54 Å². The van der Waals surface area contributed by atoms with Crippen LogP contribution in [0.5, 0.6) is 0 Å². The second kappa shape index (κ2) is 7.25. The Labute approximate surface area is 125 Å². The van der Waals surface area contributed by atoms with Crippen LogP contribution in [-0.4, -0.2) is 17.4 Å². The molecule has 0 spiro atoms. The van der Waals surface area contributed by atoms with Crippen LogP contribution in [0.3, 0.4) is 0 Å². The van der Waals surface area contributed by atoms with Gasteiger partial charge in [-0.3, -0.25) is 4.79 Å². The van der Waals surface area contributed by atoms with E-state index in [4.69, 9.17) is 0 Å². The third kappa shape index (κ3) is 3.94. The summed E-state index contributed by atoms with van der Waals surface area (Å²) >= 11 is 1.71. The van der Waals surface area contributed by atoms with Gasteiger partial charge in [0.25, 0.3) is 0 Å². The molecule has 0 bridgehead atoms. The highest BCUT2D eigenvalue weighted by Gasteiger charge is 2.17. The number of hydrogen-bond donors (Lipinski definition) is 0. The number of hydrogen-bond acceptors (Lipinski definition) is 2. The van der Waals surface area contributed by atoms with E-state index < -0.39 is 0 Å². The number of thiophene rings is 1. The van der Waals surface area contributed by atoms with Crippen LogP contribution in [0.4, 0.5) is 0 Å². The Hall–Kier alpha value is -1.61. The van der Waals surface area contributed by atoms with E-state index in [-0.39, 0.29) is 11.8 Å². The summed E-state index contributed by atoms with van der Waals surface area (Å²) < 4.78 is 0. The molecule has 0 N–H and O–H groups in total. The van der Waals surface area contributed by atoms with Crippen LogP contribution < -0.4 is 0 Å². The minimum atomic E-state index is 0.234. The van der Waals surface area contributed by atoms with Gasteiger partial charge in [0.15, 0.2) is 0 Å². The zero-order chi connectivity index (χ0) is 14.4. The van der Waals surface area contributed by atoms with Crippen LogP contribution in [0, 0.1) is 0 Å². The van der Waals surface area contributed by atoms with Gasteiger partial charge in [-0.2, -0.15) is 0 Å².